The SMILES string of the molecule is NC(=O)c1ncoc1-c1cccc(O)c1. The number of benzene rings is 1. The first-order valence-corrected chi connectivity index (χ1v) is 4.21. The van der Waals surface area contributed by atoms with E-state index in [2.05, 4.69) is 4.98 Å². The number of primary amides is 1. The van der Waals surface area contributed by atoms with Crippen LogP contribution in [0.1, 0.15) is 10.5 Å². The molecule has 0 radical (unpaired) electrons. The van der Waals surface area contributed by atoms with E-state index in [0.717, 1.165) is 6.39 Å². The van der Waals surface area contributed by atoms with Crippen molar-refractivity contribution in [3.8, 4) is 17.1 Å². The second kappa shape index (κ2) is 3.45. The Hall–Kier alpha value is -2.30. The second-order valence-electron chi connectivity index (χ2n) is 2.94. The number of aromatic nitrogens is 1. The molecule has 0 aliphatic heterocycles. The molecule has 1 amide bonds. The molecule has 0 saturated carbocycles. The highest BCUT2D eigenvalue weighted by Crippen LogP contribution is 2.25. The molecular weight excluding hydrogens is 196 g/mol. The molecule has 0 aliphatic carbocycles. The maximum absolute atomic E-state index is 11.0. The molecular formula is C10H8N2O3. The third kappa shape index (κ3) is 1.67. The zero-order chi connectivity index (χ0) is 10.8. The van der Waals surface area contributed by atoms with Gasteiger partial charge in [-0.05, 0) is 12.1 Å². The van der Waals surface area contributed by atoms with Crippen LogP contribution in [0.4, 0.5) is 0 Å². The largest absolute Gasteiger partial charge is 0.508 e. The Morgan fingerprint density at radius 3 is 2.93 bits per heavy atom. The summed E-state index contributed by atoms with van der Waals surface area (Å²) in [5.41, 5.74) is 5.72. The van der Waals surface area contributed by atoms with Gasteiger partial charge in [0.05, 0.1) is 0 Å². The van der Waals surface area contributed by atoms with E-state index in [1.807, 2.05) is 0 Å². The van der Waals surface area contributed by atoms with Gasteiger partial charge in [-0.15, -0.1) is 0 Å². The third-order valence-electron chi connectivity index (χ3n) is 1.91. The molecule has 1 heterocycles. The molecule has 15 heavy (non-hydrogen) atoms. The highest BCUT2D eigenvalue weighted by Gasteiger charge is 2.15. The van der Waals surface area contributed by atoms with Crippen LogP contribution in [0, 0.1) is 0 Å². The number of aromatic hydroxyl groups is 1. The van der Waals surface area contributed by atoms with Crippen molar-refractivity contribution in [1.82, 2.24) is 4.98 Å². The second-order valence-corrected chi connectivity index (χ2v) is 2.94. The Kier molecular flexibility index (Phi) is 2.13. The van der Waals surface area contributed by atoms with Gasteiger partial charge < -0.3 is 15.3 Å². The maximum atomic E-state index is 11.0. The Morgan fingerprint density at radius 1 is 1.47 bits per heavy atom. The summed E-state index contributed by atoms with van der Waals surface area (Å²) in [4.78, 5) is 14.7. The zero-order valence-electron chi connectivity index (χ0n) is 7.68. The van der Waals surface area contributed by atoms with Gasteiger partial charge in [-0.3, -0.25) is 4.79 Å². The first-order chi connectivity index (χ1) is 7.18. The van der Waals surface area contributed by atoms with Gasteiger partial charge in [0.2, 0.25) is 0 Å². The Morgan fingerprint density at radius 2 is 2.27 bits per heavy atom. The number of hydrogen-bond acceptors (Lipinski definition) is 4. The minimum Gasteiger partial charge on any atom is -0.508 e. The molecule has 0 unspecified atom stereocenters. The molecule has 1 aromatic carbocycles. The molecule has 0 aliphatic rings. The summed E-state index contributed by atoms with van der Waals surface area (Å²) >= 11 is 0. The fourth-order valence-electron chi connectivity index (χ4n) is 1.27. The lowest BCUT2D eigenvalue weighted by Gasteiger charge is -1.98. The summed E-state index contributed by atoms with van der Waals surface area (Å²) in [6.07, 6.45) is 1.14. The summed E-state index contributed by atoms with van der Waals surface area (Å²) in [6, 6.07) is 6.31. The van der Waals surface area contributed by atoms with E-state index in [1.165, 1.54) is 12.1 Å². The number of rotatable bonds is 2. The smallest absolute Gasteiger partial charge is 0.271 e. The van der Waals surface area contributed by atoms with E-state index in [-0.39, 0.29) is 17.2 Å². The van der Waals surface area contributed by atoms with Gasteiger partial charge in [0.15, 0.2) is 17.8 Å². The molecule has 5 heteroatoms. The highest BCUT2D eigenvalue weighted by atomic mass is 16.3. The summed E-state index contributed by atoms with van der Waals surface area (Å²) < 4.78 is 5.04. The van der Waals surface area contributed by atoms with Gasteiger partial charge >= 0.3 is 0 Å². The first kappa shape index (κ1) is 9.26. The van der Waals surface area contributed by atoms with E-state index >= 15 is 0 Å². The summed E-state index contributed by atoms with van der Waals surface area (Å²) in [7, 11) is 0. The van der Waals surface area contributed by atoms with Crippen LogP contribution in [0.2, 0.25) is 0 Å². The van der Waals surface area contributed by atoms with Crippen molar-refractivity contribution < 1.29 is 14.3 Å². The number of carbonyl (C=O) groups is 1. The number of phenols is 1. The van der Waals surface area contributed by atoms with E-state index in [0.29, 0.717) is 5.56 Å². The van der Waals surface area contributed by atoms with Gasteiger partial charge in [0.1, 0.15) is 5.75 Å². The van der Waals surface area contributed by atoms with Crippen LogP contribution < -0.4 is 5.73 Å². The average molecular weight is 204 g/mol. The van der Waals surface area contributed by atoms with Crippen LogP contribution in [-0.2, 0) is 0 Å². The first-order valence-electron chi connectivity index (χ1n) is 4.21. The van der Waals surface area contributed by atoms with Crippen LogP contribution >= 0.6 is 0 Å². The monoisotopic (exact) mass is 204 g/mol. The Bertz CT molecular complexity index is 505. The van der Waals surface area contributed by atoms with Crippen LogP contribution in [0.3, 0.4) is 0 Å². The lowest BCUT2D eigenvalue weighted by Crippen LogP contribution is -2.12. The van der Waals surface area contributed by atoms with Crippen molar-refractivity contribution in [3.63, 3.8) is 0 Å². The van der Waals surface area contributed by atoms with Crippen molar-refractivity contribution >= 4 is 5.91 Å². The standard InChI is InChI=1S/C10H8N2O3/c11-10(14)8-9(15-5-12-8)6-2-1-3-7(13)4-6/h1-5,13H,(H2,11,14). The Balaban J connectivity index is 2.54. The highest BCUT2D eigenvalue weighted by molar-refractivity contribution is 5.96. The molecule has 0 fully saturated rings. The summed E-state index contributed by atoms with van der Waals surface area (Å²) in [5, 5.41) is 9.26. The van der Waals surface area contributed by atoms with Crippen molar-refractivity contribution in [2.45, 2.75) is 0 Å². The lowest BCUT2D eigenvalue weighted by atomic mass is 10.1. The topological polar surface area (TPSA) is 89.4 Å². The molecule has 1 aromatic heterocycles. The van der Waals surface area contributed by atoms with Crippen molar-refractivity contribution in [3.05, 3.63) is 36.4 Å². The van der Waals surface area contributed by atoms with Gasteiger partial charge in [-0.2, -0.15) is 0 Å². The molecule has 3 N–H and O–H groups in total. The minimum atomic E-state index is -0.665. The van der Waals surface area contributed by atoms with Gasteiger partial charge in [0, 0.05) is 5.56 Å². The van der Waals surface area contributed by atoms with Gasteiger partial charge in [0.25, 0.3) is 5.91 Å². The number of phenolic OH excluding ortho intramolecular Hbond substituents is 1. The number of nitrogens with zero attached hydrogens (tertiary/aromatic N) is 1. The lowest BCUT2D eigenvalue weighted by molar-refractivity contribution is 0.0996. The minimum absolute atomic E-state index is 0.0561. The predicted molar refractivity (Wildman–Crippen MR) is 52.1 cm³/mol. The Labute approximate surface area is 85.2 Å². The molecule has 2 aromatic rings. The van der Waals surface area contributed by atoms with Crippen LogP contribution in [0.15, 0.2) is 35.1 Å². The molecule has 0 saturated heterocycles. The van der Waals surface area contributed by atoms with Crippen molar-refractivity contribution in [2.75, 3.05) is 0 Å². The van der Waals surface area contributed by atoms with E-state index < -0.39 is 5.91 Å². The van der Waals surface area contributed by atoms with Gasteiger partial charge in [-0.1, -0.05) is 12.1 Å². The number of hydrogen-bond donors (Lipinski definition) is 2. The number of carbonyl (C=O) groups excluding carboxylic acids is 1. The van der Waals surface area contributed by atoms with Crippen LogP contribution in [0.25, 0.3) is 11.3 Å². The third-order valence-corrected chi connectivity index (χ3v) is 1.91. The summed E-state index contributed by atoms with van der Waals surface area (Å²) in [5.74, 6) is -0.320. The zero-order valence-corrected chi connectivity index (χ0v) is 7.68. The van der Waals surface area contributed by atoms with Crippen molar-refractivity contribution in [1.29, 1.82) is 0 Å². The number of nitrogens with two attached hydrogens (primary N) is 1. The van der Waals surface area contributed by atoms with Crippen molar-refractivity contribution in [2.24, 2.45) is 5.73 Å². The molecule has 0 bridgehead atoms. The predicted octanol–water partition coefficient (Wildman–Crippen LogP) is 1.15. The maximum Gasteiger partial charge on any atom is 0.271 e. The molecule has 0 spiro atoms. The quantitative estimate of drug-likeness (QED) is 0.767. The van der Waals surface area contributed by atoms with E-state index in [4.69, 9.17) is 10.2 Å². The average Bonchev–Trinajstić information content (AvgIpc) is 2.65. The van der Waals surface area contributed by atoms with Crippen LogP contribution in [0.5, 0.6) is 5.75 Å². The molecule has 5 nitrogen and oxygen atoms in total. The molecule has 0 atom stereocenters. The molecule has 2 rings (SSSR count). The number of oxazole rings is 1. The normalized spacial score (nSPS) is 10.1. The fraction of sp³-hybridized carbons (Fsp3) is 0. The van der Waals surface area contributed by atoms with Gasteiger partial charge in [-0.25, -0.2) is 4.98 Å². The summed E-state index contributed by atoms with van der Waals surface area (Å²) in [6.45, 7) is 0. The number of amides is 1. The molecule has 76 valence electrons. The fourth-order valence-corrected chi connectivity index (χ4v) is 1.27. The van der Waals surface area contributed by atoms with E-state index in [1.54, 1.807) is 12.1 Å². The van der Waals surface area contributed by atoms with Crippen LogP contribution in [-0.4, -0.2) is 16.0 Å². The van der Waals surface area contributed by atoms with E-state index in [9.17, 15) is 9.90 Å².